The van der Waals surface area contributed by atoms with E-state index in [1.54, 1.807) is 0 Å². The maximum absolute atomic E-state index is 12.2. The van der Waals surface area contributed by atoms with Crippen LogP contribution in [0.15, 0.2) is 54.6 Å². The summed E-state index contributed by atoms with van der Waals surface area (Å²) in [4.78, 5) is 12.2. The van der Waals surface area contributed by atoms with Crippen molar-refractivity contribution in [3.8, 4) is 0 Å². The molecule has 0 radical (unpaired) electrons. The molecule has 98 valence electrons. The first kappa shape index (κ1) is 12.2. The summed E-state index contributed by atoms with van der Waals surface area (Å²) in [5.74, 6) is -0.184. The van der Waals surface area contributed by atoms with Gasteiger partial charge in [-0.2, -0.15) is 0 Å². The van der Waals surface area contributed by atoms with E-state index < -0.39 is 5.54 Å². The second kappa shape index (κ2) is 4.35. The molecule has 1 unspecified atom stereocenters. The Balaban J connectivity index is 1.63. The summed E-state index contributed by atoms with van der Waals surface area (Å²) in [5.41, 5.74) is 0.173. The minimum atomic E-state index is -0.594. The fourth-order valence-electron chi connectivity index (χ4n) is 2.60. The van der Waals surface area contributed by atoms with Crippen molar-refractivity contribution in [2.75, 3.05) is 0 Å². The van der Waals surface area contributed by atoms with Gasteiger partial charge in [0, 0.05) is 0 Å². The third-order valence-electron chi connectivity index (χ3n) is 3.99. The quantitative estimate of drug-likeness (QED) is 0.666. The largest absolute Gasteiger partial charge is 0.459 e. The maximum atomic E-state index is 12.2. The highest BCUT2D eigenvalue weighted by Gasteiger charge is 2.67. The second-order valence-electron chi connectivity index (χ2n) is 5.27. The van der Waals surface area contributed by atoms with Gasteiger partial charge in [0.2, 0.25) is 0 Å². The minimum Gasteiger partial charge on any atom is -0.459 e. The third kappa shape index (κ3) is 2.00. The lowest BCUT2D eigenvalue weighted by atomic mass is 9.88. The lowest BCUT2D eigenvalue weighted by Crippen LogP contribution is -2.32. The number of esters is 1. The van der Waals surface area contributed by atoms with E-state index in [-0.39, 0.29) is 11.5 Å². The Morgan fingerprint density at radius 1 is 1.32 bits per heavy atom. The van der Waals surface area contributed by atoms with Crippen molar-refractivity contribution < 1.29 is 9.53 Å². The van der Waals surface area contributed by atoms with Crippen LogP contribution in [0.1, 0.15) is 18.9 Å². The van der Waals surface area contributed by atoms with Crippen LogP contribution >= 0.6 is 0 Å². The van der Waals surface area contributed by atoms with E-state index in [9.17, 15) is 4.79 Å². The van der Waals surface area contributed by atoms with Crippen molar-refractivity contribution in [1.29, 1.82) is 0 Å². The molecule has 3 heteroatoms. The van der Waals surface area contributed by atoms with Crippen molar-refractivity contribution in [1.82, 2.24) is 5.32 Å². The Morgan fingerprint density at radius 2 is 2.11 bits per heavy atom. The molecule has 3 nitrogen and oxygen atoms in total. The van der Waals surface area contributed by atoms with E-state index in [4.69, 9.17) is 4.74 Å². The van der Waals surface area contributed by atoms with Crippen LogP contribution in [-0.2, 0) is 16.1 Å². The van der Waals surface area contributed by atoms with Crippen LogP contribution in [-0.4, -0.2) is 17.0 Å². The summed E-state index contributed by atoms with van der Waals surface area (Å²) < 4.78 is 5.42. The Bertz CT molecular complexity index is 549. The van der Waals surface area contributed by atoms with Crippen molar-refractivity contribution in [3.05, 3.63) is 60.2 Å². The van der Waals surface area contributed by atoms with Gasteiger partial charge in [0.05, 0.1) is 5.54 Å². The van der Waals surface area contributed by atoms with Gasteiger partial charge in [-0.05, 0) is 18.9 Å². The van der Waals surface area contributed by atoms with Gasteiger partial charge in [-0.1, -0.05) is 54.6 Å². The molecule has 0 aromatic heterocycles. The predicted octanol–water partition coefficient (Wildman–Crippen LogP) is 2.35. The SMILES string of the molecule is C[C@@]1(C(=O)OCc2ccccc2)NC12C=CC=CC2. The molecule has 1 aromatic carbocycles. The highest BCUT2D eigenvalue weighted by atomic mass is 16.5. The monoisotopic (exact) mass is 255 g/mol. The van der Waals surface area contributed by atoms with Gasteiger partial charge in [-0.25, -0.2) is 4.79 Å². The van der Waals surface area contributed by atoms with E-state index >= 15 is 0 Å². The normalized spacial score (nSPS) is 31.4. The predicted molar refractivity (Wildman–Crippen MR) is 73.4 cm³/mol. The highest BCUT2D eigenvalue weighted by molar-refractivity contribution is 5.88. The summed E-state index contributed by atoms with van der Waals surface area (Å²) in [6.45, 7) is 2.23. The molecular formula is C16H17NO2. The zero-order valence-electron chi connectivity index (χ0n) is 10.9. The molecule has 1 saturated heterocycles. The van der Waals surface area contributed by atoms with Gasteiger partial charge < -0.3 is 4.74 Å². The average molecular weight is 255 g/mol. The Kier molecular flexibility index (Phi) is 2.79. The van der Waals surface area contributed by atoms with Crippen molar-refractivity contribution >= 4 is 5.97 Å². The first-order valence-corrected chi connectivity index (χ1v) is 6.51. The Labute approximate surface area is 113 Å². The fraction of sp³-hybridized carbons (Fsp3) is 0.312. The van der Waals surface area contributed by atoms with Crippen LogP contribution in [0, 0.1) is 0 Å². The molecule has 1 heterocycles. The molecule has 2 aliphatic rings. The van der Waals surface area contributed by atoms with Gasteiger partial charge in [-0.15, -0.1) is 0 Å². The fourth-order valence-corrected chi connectivity index (χ4v) is 2.60. The van der Waals surface area contributed by atoms with Crippen LogP contribution in [0.5, 0.6) is 0 Å². The number of benzene rings is 1. The topological polar surface area (TPSA) is 48.2 Å². The number of carbonyl (C=O) groups excluding carboxylic acids is 1. The summed E-state index contributed by atoms with van der Waals surface area (Å²) in [6.07, 6.45) is 8.94. The van der Waals surface area contributed by atoms with Crippen LogP contribution in [0.2, 0.25) is 0 Å². The number of rotatable bonds is 3. The van der Waals surface area contributed by atoms with Crippen LogP contribution in [0.3, 0.4) is 0 Å². The first-order valence-electron chi connectivity index (χ1n) is 6.51. The molecule has 1 fully saturated rings. The molecule has 19 heavy (non-hydrogen) atoms. The van der Waals surface area contributed by atoms with E-state index in [2.05, 4.69) is 17.5 Å². The summed E-state index contributed by atoms with van der Waals surface area (Å²) in [5, 5.41) is 3.28. The maximum Gasteiger partial charge on any atom is 0.328 e. The van der Waals surface area contributed by atoms with Gasteiger partial charge >= 0.3 is 5.97 Å². The van der Waals surface area contributed by atoms with Crippen LogP contribution in [0.25, 0.3) is 0 Å². The first-order chi connectivity index (χ1) is 9.16. The number of hydrogen-bond donors (Lipinski definition) is 1. The highest BCUT2D eigenvalue weighted by Crippen LogP contribution is 2.45. The number of hydrogen-bond acceptors (Lipinski definition) is 3. The van der Waals surface area contributed by atoms with Gasteiger partial charge in [0.25, 0.3) is 0 Å². The molecule has 3 rings (SSSR count). The minimum absolute atomic E-state index is 0.184. The lowest BCUT2D eigenvalue weighted by Gasteiger charge is -2.16. The summed E-state index contributed by atoms with van der Waals surface area (Å²) in [7, 11) is 0. The zero-order valence-corrected chi connectivity index (χ0v) is 10.9. The molecule has 0 saturated carbocycles. The van der Waals surface area contributed by atoms with Crippen molar-refractivity contribution in [2.45, 2.75) is 31.0 Å². The van der Waals surface area contributed by atoms with Crippen LogP contribution < -0.4 is 5.32 Å². The number of ether oxygens (including phenoxy) is 1. The van der Waals surface area contributed by atoms with E-state index in [1.807, 2.05) is 49.4 Å². The molecule has 2 atom stereocenters. The van der Waals surface area contributed by atoms with E-state index in [0.717, 1.165) is 12.0 Å². The van der Waals surface area contributed by atoms with Crippen molar-refractivity contribution in [2.24, 2.45) is 0 Å². The molecule has 1 N–H and O–H groups in total. The number of carbonyl (C=O) groups is 1. The molecule has 0 amide bonds. The lowest BCUT2D eigenvalue weighted by molar-refractivity contribution is -0.148. The smallest absolute Gasteiger partial charge is 0.328 e. The molecule has 1 aromatic rings. The summed E-state index contributed by atoms with van der Waals surface area (Å²) in [6, 6.07) is 9.74. The Morgan fingerprint density at radius 3 is 2.79 bits per heavy atom. The van der Waals surface area contributed by atoms with Gasteiger partial charge in [-0.3, -0.25) is 5.32 Å². The molecule has 1 spiro atoms. The van der Waals surface area contributed by atoms with E-state index in [1.165, 1.54) is 0 Å². The molecule has 0 bridgehead atoms. The van der Waals surface area contributed by atoms with Gasteiger partial charge in [0.15, 0.2) is 0 Å². The third-order valence-corrected chi connectivity index (χ3v) is 3.99. The Hall–Kier alpha value is -1.87. The average Bonchev–Trinajstić information content (AvgIpc) is 3.03. The van der Waals surface area contributed by atoms with Crippen LogP contribution in [0.4, 0.5) is 0 Å². The second-order valence-corrected chi connectivity index (χ2v) is 5.27. The number of allylic oxidation sites excluding steroid dienone is 2. The van der Waals surface area contributed by atoms with Gasteiger partial charge in [0.1, 0.15) is 12.1 Å². The summed E-state index contributed by atoms with van der Waals surface area (Å²) >= 11 is 0. The standard InChI is InChI=1S/C16H17NO2/c1-15(16(17-15)10-6-3-7-11-16)14(18)19-12-13-8-4-2-5-9-13/h2-10,17H,11-12H2,1H3/t15-,16?/m0/s1. The zero-order chi connectivity index (χ0) is 13.3. The number of nitrogens with one attached hydrogen (secondary N) is 1. The van der Waals surface area contributed by atoms with E-state index in [0.29, 0.717) is 6.61 Å². The molecule has 1 aliphatic carbocycles. The molecule has 1 aliphatic heterocycles. The van der Waals surface area contributed by atoms with Crippen molar-refractivity contribution in [3.63, 3.8) is 0 Å². The molecular weight excluding hydrogens is 238 g/mol.